The Labute approximate surface area is 95.9 Å². The molecule has 0 aliphatic carbocycles. The molecule has 4 nitrogen and oxygen atoms in total. The lowest BCUT2D eigenvalue weighted by Crippen LogP contribution is -2.21. The van der Waals surface area contributed by atoms with Crippen LogP contribution in [0.15, 0.2) is 18.5 Å². The van der Waals surface area contributed by atoms with Gasteiger partial charge in [0.15, 0.2) is 0 Å². The number of carbonyl (C=O) groups excluding carboxylic acids is 1. The van der Waals surface area contributed by atoms with E-state index in [0.717, 1.165) is 5.56 Å². The first kappa shape index (κ1) is 12.5. The average molecular weight is 222 g/mol. The molecule has 0 aromatic carbocycles. The van der Waals surface area contributed by atoms with Gasteiger partial charge < -0.3 is 4.74 Å². The summed E-state index contributed by atoms with van der Waals surface area (Å²) in [6.45, 7) is 6.26. The Morgan fingerprint density at radius 1 is 1.56 bits per heavy atom. The lowest BCUT2D eigenvalue weighted by molar-refractivity contribution is -0.139. The molecule has 1 aromatic rings. The highest BCUT2D eigenvalue weighted by Crippen LogP contribution is 2.13. The van der Waals surface area contributed by atoms with Gasteiger partial charge in [0.1, 0.15) is 0 Å². The maximum Gasteiger partial charge on any atom is 0.309 e. The van der Waals surface area contributed by atoms with Crippen LogP contribution < -0.4 is 0 Å². The van der Waals surface area contributed by atoms with Crippen LogP contribution in [0.1, 0.15) is 32.8 Å². The van der Waals surface area contributed by atoms with Crippen molar-refractivity contribution < 1.29 is 9.53 Å². The predicted octanol–water partition coefficient (Wildman–Crippen LogP) is 2.21. The van der Waals surface area contributed by atoms with Crippen LogP contribution in [0.25, 0.3) is 6.08 Å². The summed E-state index contributed by atoms with van der Waals surface area (Å²) in [7, 11) is 1.38. The fraction of sp³-hybridized carbons (Fsp3) is 0.500. The molecule has 16 heavy (non-hydrogen) atoms. The Morgan fingerprint density at radius 2 is 2.25 bits per heavy atom. The second kappa shape index (κ2) is 4.96. The van der Waals surface area contributed by atoms with Crippen LogP contribution in [0.3, 0.4) is 0 Å². The Hall–Kier alpha value is -1.58. The zero-order valence-electron chi connectivity index (χ0n) is 10.2. The Balaban J connectivity index is 2.62. The third-order valence-electron chi connectivity index (χ3n) is 2.11. The molecular formula is C12H18N2O2. The summed E-state index contributed by atoms with van der Waals surface area (Å²) in [5.41, 5.74) is 0.966. The second-order valence-electron chi connectivity index (χ2n) is 4.57. The van der Waals surface area contributed by atoms with Crippen molar-refractivity contribution in [1.82, 2.24) is 9.78 Å². The summed E-state index contributed by atoms with van der Waals surface area (Å²) < 4.78 is 6.43. The first-order valence-corrected chi connectivity index (χ1v) is 5.22. The molecule has 4 heteroatoms. The van der Waals surface area contributed by atoms with Crippen LogP contribution in [0.4, 0.5) is 0 Å². The molecule has 0 aliphatic rings. The zero-order chi connectivity index (χ0) is 12.2. The predicted molar refractivity (Wildman–Crippen MR) is 62.9 cm³/mol. The first-order chi connectivity index (χ1) is 7.43. The molecular weight excluding hydrogens is 204 g/mol. The van der Waals surface area contributed by atoms with Crippen molar-refractivity contribution in [3.63, 3.8) is 0 Å². The molecule has 0 N–H and O–H groups in total. The van der Waals surface area contributed by atoms with Crippen molar-refractivity contribution in [2.45, 2.75) is 32.7 Å². The Bertz CT molecular complexity index is 386. The summed E-state index contributed by atoms with van der Waals surface area (Å²) in [6, 6.07) is 0. The minimum absolute atomic E-state index is 0.0194. The molecule has 0 fully saturated rings. The topological polar surface area (TPSA) is 44.1 Å². The molecule has 1 rings (SSSR count). The van der Waals surface area contributed by atoms with Crippen molar-refractivity contribution in [1.29, 1.82) is 0 Å². The van der Waals surface area contributed by atoms with Crippen LogP contribution in [0.5, 0.6) is 0 Å². The Morgan fingerprint density at radius 3 is 2.75 bits per heavy atom. The lowest BCUT2D eigenvalue weighted by atomic mass is 10.1. The lowest BCUT2D eigenvalue weighted by Gasteiger charge is -2.18. The van der Waals surface area contributed by atoms with Gasteiger partial charge in [-0.3, -0.25) is 9.48 Å². The molecule has 0 saturated heterocycles. The maximum absolute atomic E-state index is 10.9. The van der Waals surface area contributed by atoms with Gasteiger partial charge in [-0.1, -0.05) is 12.2 Å². The number of rotatable bonds is 3. The monoisotopic (exact) mass is 222 g/mol. The number of nitrogens with zero attached hydrogens (tertiary/aromatic N) is 2. The molecule has 0 saturated carbocycles. The number of hydrogen-bond acceptors (Lipinski definition) is 3. The van der Waals surface area contributed by atoms with Crippen molar-refractivity contribution in [3.05, 3.63) is 24.0 Å². The van der Waals surface area contributed by atoms with Gasteiger partial charge in [0, 0.05) is 11.8 Å². The van der Waals surface area contributed by atoms with Gasteiger partial charge in [-0.25, -0.2) is 0 Å². The highest BCUT2D eigenvalue weighted by atomic mass is 16.5. The summed E-state index contributed by atoms with van der Waals surface area (Å²) in [5.74, 6) is -0.237. The van der Waals surface area contributed by atoms with E-state index in [4.69, 9.17) is 0 Å². The minimum atomic E-state index is -0.237. The molecule has 0 amide bonds. The van der Waals surface area contributed by atoms with E-state index < -0.39 is 0 Å². The van der Waals surface area contributed by atoms with Gasteiger partial charge in [-0.15, -0.1) is 0 Å². The SMILES string of the molecule is COC(=O)CC=Cc1cnn(C(C)(C)C)c1. The third-order valence-corrected chi connectivity index (χ3v) is 2.11. The molecule has 0 radical (unpaired) electrons. The zero-order valence-corrected chi connectivity index (χ0v) is 10.2. The summed E-state index contributed by atoms with van der Waals surface area (Å²) >= 11 is 0. The summed E-state index contributed by atoms with van der Waals surface area (Å²) in [6.07, 6.45) is 7.66. The highest BCUT2D eigenvalue weighted by molar-refractivity contribution is 5.72. The van der Waals surface area contributed by atoms with Crippen molar-refractivity contribution in [2.24, 2.45) is 0 Å². The average Bonchev–Trinajstić information content (AvgIpc) is 2.65. The summed E-state index contributed by atoms with van der Waals surface area (Å²) in [5, 5.41) is 4.25. The third kappa shape index (κ3) is 3.53. The molecule has 88 valence electrons. The minimum Gasteiger partial charge on any atom is -0.469 e. The number of methoxy groups -OCH3 is 1. The smallest absolute Gasteiger partial charge is 0.309 e. The van der Waals surface area contributed by atoms with Gasteiger partial charge in [-0.05, 0) is 20.8 Å². The second-order valence-corrected chi connectivity index (χ2v) is 4.57. The van der Waals surface area contributed by atoms with Crippen molar-refractivity contribution >= 4 is 12.0 Å². The van der Waals surface area contributed by atoms with E-state index in [-0.39, 0.29) is 17.9 Å². The standard InChI is InChI=1S/C12H18N2O2/c1-12(2,3)14-9-10(8-13-14)6-5-7-11(15)16-4/h5-6,8-9H,7H2,1-4H3. The van der Waals surface area contributed by atoms with Gasteiger partial charge >= 0.3 is 5.97 Å². The number of carbonyl (C=O) groups is 1. The molecule has 0 spiro atoms. The number of ether oxygens (including phenoxy) is 1. The largest absolute Gasteiger partial charge is 0.469 e. The van der Waals surface area contributed by atoms with Gasteiger partial charge in [0.05, 0.1) is 25.3 Å². The van der Waals surface area contributed by atoms with Crippen molar-refractivity contribution in [2.75, 3.05) is 7.11 Å². The molecule has 1 heterocycles. The molecule has 0 atom stereocenters. The molecule has 1 aromatic heterocycles. The normalized spacial score (nSPS) is 12.0. The first-order valence-electron chi connectivity index (χ1n) is 5.22. The van der Waals surface area contributed by atoms with Crippen LogP contribution >= 0.6 is 0 Å². The van der Waals surface area contributed by atoms with Gasteiger partial charge in [0.25, 0.3) is 0 Å². The number of esters is 1. The molecule has 0 aliphatic heterocycles. The summed E-state index contributed by atoms with van der Waals surface area (Å²) in [4.78, 5) is 10.9. The molecule has 0 unspecified atom stereocenters. The van der Waals surface area contributed by atoms with E-state index >= 15 is 0 Å². The fourth-order valence-electron chi connectivity index (χ4n) is 1.16. The highest BCUT2D eigenvalue weighted by Gasteiger charge is 2.12. The Kier molecular flexibility index (Phi) is 3.88. The van der Waals surface area contributed by atoms with Crippen LogP contribution in [0, 0.1) is 0 Å². The van der Waals surface area contributed by atoms with E-state index in [0.29, 0.717) is 0 Å². The van der Waals surface area contributed by atoms with E-state index in [1.54, 1.807) is 12.3 Å². The van der Waals surface area contributed by atoms with Crippen LogP contribution in [0.2, 0.25) is 0 Å². The van der Waals surface area contributed by atoms with Crippen LogP contribution in [-0.4, -0.2) is 22.9 Å². The number of hydrogen-bond donors (Lipinski definition) is 0. The molecule has 0 bridgehead atoms. The van der Waals surface area contributed by atoms with Gasteiger partial charge in [0.2, 0.25) is 0 Å². The maximum atomic E-state index is 10.9. The van der Waals surface area contributed by atoms with Crippen LogP contribution in [-0.2, 0) is 15.1 Å². The van der Waals surface area contributed by atoms with Gasteiger partial charge in [-0.2, -0.15) is 5.10 Å². The van der Waals surface area contributed by atoms with E-state index in [1.807, 2.05) is 17.0 Å². The van der Waals surface area contributed by atoms with Crippen molar-refractivity contribution in [3.8, 4) is 0 Å². The van der Waals surface area contributed by atoms with E-state index in [9.17, 15) is 4.79 Å². The van der Waals surface area contributed by atoms with E-state index in [1.165, 1.54) is 7.11 Å². The number of aromatic nitrogens is 2. The fourth-order valence-corrected chi connectivity index (χ4v) is 1.16. The van der Waals surface area contributed by atoms with E-state index in [2.05, 4.69) is 30.6 Å². The quantitative estimate of drug-likeness (QED) is 0.736.